The Hall–Kier alpha value is -3.67. The number of benzene rings is 3. The van der Waals surface area contributed by atoms with Crippen molar-refractivity contribution in [3.63, 3.8) is 0 Å². The van der Waals surface area contributed by atoms with E-state index in [0.29, 0.717) is 6.54 Å². The second-order valence-electron chi connectivity index (χ2n) is 6.32. The molecule has 0 fully saturated rings. The van der Waals surface area contributed by atoms with Crippen molar-refractivity contribution >= 4 is 17.3 Å². The van der Waals surface area contributed by atoms with Crippen molar-refractivity contribution < 1.29 is 14.5 Å². The molecule has 3 aromatic carbocycles. The molecule has 3 rings (SSSR count). The quantitative estimate of drug-likeness (QED) is 0.449. The molecule has 0 aliphatic heterocycles. The third-order valence-corrected chi connectivity index (χ3v) is 4.21. The second kappa shape index (κ2) is 8.81. The average Bonchev–Trinajstić information content (AvgIpc) is 2.71. The Morgan fingerprint density at radius 2 is 1.71 bits per heavy atom. The first kappa shape index (κ1) is 19.1. The number of nitrogens with zero attached hydrogens (tertiary/aromatic N) is 2. The van der Waals surface area contributed by atoms with Gasteiger partial charge in [0.1, 0.15) is 0 Å². The predicted molar refractivity (Wildman–Crippen MR) is 107 cm³/mol. The molecule has 1 amide bonds. The van der Waals surface area contributed by atoms with E-state index in [1.807, 2.05) is 61.5 Å². The molecule has 0 atom stereocenters. The summed E-state index contributed by atoms with van der Waals surface area (Å²) in [4.78, 5) is 25.2. The summed E-state index contributed by atoms with van der Waals surface area (Å²) < 4.78 is 5.50. The van der Waals surface area contributed by atoms with Crippen LogP contribution in [-0.2, 0) is 11.3 Å². The van der Waals surface area contributed by atoms with E-state index >= 15 is 0 Å². The predicted octanol–water partition coefficient (Wildman–Crippen LogP) is 4.52. The van der Waals surface area contributed by atoms with E-state index in [-0.39, 0.29) is 24.0 Å². The zero-order valence-electron chi connectivity index (χ0n) is 15.4. The minimum absolute atomic E-state index is 0.0738. The summed E-state index contributed by atoms with van der Waals surface area (Å²) in [6.07, 6.45) is 0. The maximum Gasteiger partial charge on any atom is 0.310 e. The van der Waals surface area contributed by atoms with Gasteiger partial charge in [-0.15, -0.1) is 0 Å². The number of amides is 1. The molecule has 6 nitrogen and oxygen atoms in total. The van der Waals surface area contributed by atoms with Crippen molar-refractivity contribution in [2.24, 2.45) is 0 Å². The van der Waals surface area contributed by atoms with Gasteiger partial charge in [-0.1, -0.05) is 54.6 Å². The Morgan fingerprint density at radius 1 is 1.00 bits per heavy atom. The normalized spacial score (nSPS) is 10.3. The number of hydrogen-bond donors (Lipinski definition) is 0. The van der Waals surface area contributed by atoms with E-state index in [4.69, 9.17) is 4.74 Å². The summed E-state index contributed by atoms with van der Waals surface area (Å²) in [5, 5.41) is 11.1. The van der Waals surface area contributed by atoms with E-state index in [1.165, 1.54) is 12.1 Å². The number of anilines is 1. The van der Waals surface area contributed by atoms with Crippen LogP contribution in [0.2, 0.25) is 0 Å². The number of carbonyl (C=O) groups excluding carboxylic acids is 1. The molecule has 28 heavy (non-hydrogen) atoms. The summed E-state index contributed by atoms with van der Waals surface area (Å²) in [6, 6.07) is 23.3. The number of para-hydroxylation sites is 2. The number of ether oxygens (including phenoxy) is 1. The van der Waals surface area contributed by atoms with Crippen molar-refractivity contribution in [3.8, 4) is 5.75 Å². The van der Waals surface area contributed by atoms with Crippen LogP contribution in [0.25, 0.3) is 0 Å². The molecule has 0 radical (unpaired) electrons. The first-order valence-corrected chi connectivity index (χ1v) is 8.82. The SMILES string of the molecule is Cc1cccc(N(Cc2ccccc2)C(=O)COc2ccccc2[N+](=O)[O-])c1. The highest BCUT2D eigenvalue weighted by Gasteiger charge is 2.20. The number of nitro benzene ring substituents is 1. The topological polar surface area (TPSA) is 72.7 Å². The van der Waals surface area contributed by atoms with Crippen LogP contribution in [0.3, 0.4) is 0 Å². The molecule has 0 unspecified atom stereocenters. The molecule has 0 N–H and O–H groups in total. The summed E-state index contributed by atoms with van der Waals surface area (Å²) >= 11 is 0. The highest BCUT2D eigenvalue weighted by Crippen LogP contribution is 2.26. The van der Waals surface area contributed by atoms with Crippen LogP contribution in [0.5, 0.6) is 5.75 Å². The maximum atomic E-state index is 12.9. The molecule has 0 aromatic heterocycles. The summed E-state index contributed by atoms with van der Waals surface area (Å²) in [7, 11) is 0. The van der Waals surface area contributed by atoms with E-state index < -0.39 is 4.92 Å². The van der Waals surface area contributed by atoms with Gasteiger partial charge in [0.15, 0.2) is 12.4 Å². The van der Waals surface area contributed by atoms with Crippen LogP contribution >= 0.6 is 0 Å². The highest BCUT2D eigenvalue weighted by atomic mass is 16.6. The fraction of sp³-hybridized carbons (Fsp3) is 0.136. The van der Waals surface area contributed by atoms with Crippen LogP contribution in [0.1, 0.15) is 11.1 Å². The third kappa shape index (κ3) is 4.73. The molecule has 0 heterocycles. The zero-order valence-corrected chi connectivity index (χ0v) is 15.4. The number of aryl methyl sites for hydroxylation is 1. The van der Waals surface area contributed by atoms with Gasteiger partial charge in [-0.25, -0.2) is 0 Å². The maximum absolute atomic E-state index is 12.9. The molecule has 0 saturated carbocycles. The number of rotatable bonds is 7. The summed E-state index contributed by atoms with van der Waals surface area (Å²) in [5.74, 6) is -0.211. The van der Waals surface area contributed by atoms with Gasteiger partial charge in [0.05, 0.1) is 11.5 Å². The van der Waals surface area contributed by atoms with E-state index in [2.05, 4.69) is 0 Å². The molecule has 0 aliphatic rings. The lowest BCUT2D eigenvalue weighted by Gasteiger charge is -2.23. The minimum atomic E-state index is -0.526. The second-order valence-corrected chi connectivity index (χ2v) is 6.32. The average molecular weight is 376 g/mol. The first-order chi connectivity index (χ1) is 13.5. The third-order valence-electron chi connectivity index (χ3n) is 4.21. The Bertz CT molecular complexity index is 973. The molecule has 142 valence electrons. The molecule has 0 bridgehead atoms. The largest absolute Gasteiger partial charge is 0.477 e. The lowest BCUT2D eigenvalue weighted by Crippen LogP contribution is -2.34. The van der Waals surface area contributed by atoms with Crippen LogP contribution in [0, 0.1) is 17.0 Å². The Labute approximate surface area is 163 Å². The zero-order chi connectivity index (χ0) is 19.9. The van der Waals surface area contributed by atoms with Crippen LogP contribution < -0.4 is 9.64 Å². The molecule has 0 saturated heterocycles. The van der Waals surface area contributed by atoms with Gasteiger partial charge in [0.25, 0.3) is 5.91 Å². The Morgan fingerprint density at radius 3 is 2.43 bits per heavy atom. The van der Waals surface area contributed by atoms with E-state index in [0.717, 1.165) is 16.8 Å². The van der Waals surface area contributed by atoms with Crippen LogP contribution in [-0.4, -0.2) is 17.4 Å². The Kier molecular flexibility index (Phi) is 6.01. The standard InChI is InChI=1S/C22H20N2O4/c1-17-8-7-11-19(14-17)23(15-18-9-3-2-4-10-18)22(25)16-28-21-13-6-5-12-20(21)24(26)27/h2-14H,15-16H2,1H3. The van der Waals surface area contributed by atoms with Gasteiger partial charge in [0, 0.05) is 11.8 Å². The van der Waals surface area contributed by atoms with Crippen molar-refractivity contribution in [2.75, 3.05) is 11.5 Å². The van der Waals surface area contributed by atoms with E-state index in [1.54, 1.807) is 17.0 Å². The fourth-order valence-electron chi connectivity index (χ4n) is 2.83. The fourth-order valence-corrected chi connectivity index (χ4v) is 2.83. The molecular formula is C22H20N2O4. The number of carbonyl (C=O) groups is 1. The molecule has 0 spiro atoms. The van der Waals surface area contributed by atoms with Crippen molar-refractivity contribution in [1.82, 2.24) is 0 Å². The van der Waals surface area contributed by atoms with Gasteiger partial charge in [-0.05, 0) is 36.2 Å². The number of hydrogen-bond acceptors (Lipinski definition) is 4. The number of nitro groups is 1. The van der Waals surface area contributed by atoms with Gasteiger partial charge in [0.2, 0.25) is 0 Å². The molecule has 6 heteroatoms. The van der Waals surface area contributed by atoms with Gasteiger partial charge in [-0.3, -0.25) is 14.9 Å². The molecule has 0 aliphatic carbocycles. The van der Waals surface area contributed by atoms with Gasteiger partial charge < -0.3 is 9.64 Å². The summed E-state index contributed by atoms with van der Waals surface area (Å²) in [6.45, 7) is 2.04. The van der Waals surface area contributed by atoms with E-state index in [9.17, 15) is 14.9 Å². The lowest BCUT2D eigenvalue weighted by molar-refractivity contribution is -0.385. The highest BCUT2D eigenvalue weighted by molar-refractivity contribution is 5.94. The molecule has 3 aromatic rings. The van der Waals surface area contributed by atoms with Crippen LogP contribution in [0.4, 0.5) is 11.4 Å². The molecular weight excluding hydrogens is 356 g/mol. The van der Waals surface area contributed by atoms with Crippen molar-refractivity contribution in [3.05, 3.63) is 100 Å². The smallest absolute Gasteiger partial charge is 0.310 e. The first-order valence-electron chi connectivity index (χ1n) is 8.82. The van der Waals surface area contributed by atoms with Crippen molar-refractivity contribution in [2.45, 2.75) is 13.5 Å². The minimum Gasteiger partial charge on any atom is -0.477 e. The van der Waals surface area contributed by atoms with Gasteiger partial charge in [-0.2, -0.15) is 0 Å². The van der Waals surface area contributed by atoms with Gasteiger partial charge >= 0.3 is 5.69 Å². The van der Waals surface area contributed by atoms with Crippen molar-refractivity contribution in [1.29, 1.82) is 0 Å². The summed E-state index contributed by atoms with van der Waals surface area (Å²) in [5.41, 5.74) is 2.59. The Balaban J connectivity index is 1.82. The monoisotopic (exact) mass is 376 g/mol. The van der Waals surface area contributed by atoms with Crippen LogP contribution in [0.15, 0.2) is 78.9 Å². The lowest BCUT2D eigenvalue weighted by atomic mass is 10.1.